The maximum Gasteiger partial charge on any atom is 0.0657 e. The fraction of sp³-hybridized carbons (Fsp3) is 0.913. The maximum atomic E-state index is 10.5. The Balaban J connectivity index is 0.000000880. The number of aliphatic hydroxyl groups excluding tert-OH is 1. The van der Waals surface area contributed by atoms with Crippen LogP contribution in [0.25, 0.3) is 0 Å². The smallest absolute Gasteiger partial charge is 0.0657 e. The molecule has 2 heteroatoms. The van der Waals surface area contributed by atoms with Crippen LogP contribution in [0.1, 0.15) is 86.0 Å². The molecular weight excluding hydrogens is 308 g/mol. The van der Waals surface area contributed by atoms with E-state index in [2.05, 4.69) is 19.9 Å². The van der Waals surface area contributed by atoms with Crippen LogP contribution in [0.2, 0.25) is 0 Å². The first-order chi connectivity index (χ1) is 11.8. The molecule has 2 N–H and O–H groups in total. The van der Waals surface area contributed by atoms with Gasteiger partial charge in [0.05, 0.1) is 5.60 Å². The molecule has 3 saturated carbocycles. The van der Waals surface area contributed by atoms with Crippen molar-refractivity contribution in [3.8, 4) is 0 Å². The van der Waals surface area contributed by atoms with Crippen molar-refractivity contribution in [1.82, 2.24) is 0 Å². The maximum absolute atomic E-state index is 10.5. The Morgan fingerprint density at radius 2 is 1.72 bits per heavy atom. The minimum Gasteiger partial charge on any atom is -0.396 e. The average molecular weight is 349 g/mol. The summed E-state index contributed by atoms with van der Waals surface area (Å²) < 4.78 is 0. The van der Waals surface area contributed by atoms with Crippen LogP contribution in [0.4, 0.5) is 0 Å². The fourth-order valence-corrected chi connectivity index (χ4v) is 7.21. The Labute approximate surface area is 155 Å². The molecule has 6 unspecified atom stereocenters. The van der Waals surface area contributed by atoms with Crippen molar-refractivity contribution in [3.05, 3.63) is 11.6 Å². The second-order valence-electron chi connectivity index (χ2n) is 9.93. The van der Waals surface area contributed by atoms with Crippen LogP contribution in [0.5, 0.6) is 0 Å². The van der Waals surface area contributed by atoms with Gasteiger partial charge in [-0.15, -0.1) is 0 Å². The number of allylic oxidation sites excluding steroid dienone is 1. The number of fused-ring (bicyclic) bond motifs is 5. The summed E-state index contributed by atoms with van der Waals surface area (Å²) in [6.45, 7) is 11.4. The van der Waals surface area contributed by atoms with E-state index in [1.807, 2.05) is 20.8 Å². The Hall–Kier alpha value is -0.340. The molecule has 144 valence electrons. The Morgan fingerprint density at radius 1 is 1.00 bits per heavy atom. The zero-order valence-corrected chi connectivity index (χ0v) is 17.1. The Kier molecular flexibility index (Phi) is 5.19. The van der Waals surface area contributed by atoms with Crippen LogP contribution in [0.15, 0.2) is 11.6 Å². The summed E-state index contributed by atoms with van der Waals surface area (Å²) in [4.78, 5) is 0. The van der Waals surface area contributed by atoms with Crippen molar-refractivity contribution in [2.24, 2.45) is 34.5 Å². The van der Waals surface area contributed by atoms with Crippen molar-refractivity contribution in [2.75, 3.05) is 6.61 Å². The molecule has 0 aromatic carbocycles. The predicted octanol–water partition coefficient (Wildman–Crippen LogP) is 5.33. The first kappa shape index (κ1) is 19.4. The van der Waals surface area contributed by atoms with Gasteiger partial charge >= 0.3 is 0 Å². The van der Waals surface area contributed by atoms with E-state index in [1.54, 1.807) is 5.57 Å². The third-order valence-electron chi connectivity index (χ3n) is 8.80. The van der Waals surface area contributed by atoms with Gasteiger partial charge in [-0.05, 0) is 92.8 Å². The van der Waals surface area contributed by atoms with Crippen LogP contribution >= 0.6 is 0 Å². The summed E-state index contributed by atoms with van der Waals surface area (Å²) in [5.74, 6) is 2.94. The van der Waals surface area contributed by atoms with Crippen LogP contribution < -0.4 is 0 Å². The first-order valence-electron chi connectivity index (χ1n) is 10.8. The number of rotatable bonds is 1. The quantitative estimate of drug-likeness (QED) is 0.628. The van der Waals surface area contributed by atoms with Gasteiger partial charge in [0, 0.05) is 6.61 Å². The molecule has 7 atom stereocenters. The molecule has 0 aromatic rings. The third-order valence-corrected chi connectivity index (χ3v) is 8.80. The normalized spacial score (nSPS) is 51.4. The topological polar surface area (TPSA) is 40.5 Å². The lowest BCUT2D eigenvalue weighted by atomic mass is 9.47. The van der Waals surface area contributed by atoms with Gasteiger partial charge in [-0.1, -0.05) is 39.3 Å². The number of hydrogen-bond donors (Lipinski definition) is 2. The summed E-state index contributed by atoms with van der Waals surface area (Å²) >= 11 is 0. The van der Waals surface area contributed by atoms with Crippen LogP contribution in [-0.4, -0.2) is 22.4 Å². The molecule has 0 bridgehead atoms. The second kappa shape index (κ2) is 6.68. The third kappa shape index (κ3) is 2.92. The van der Waals surface area contributed by atoms with Gasteiger partial charge < -0.3 is 10.2 Å². The monoisotopic (exact) mass is 348 g/mol. The summed E-state index contributed by atoms with van der Waals surface area (Å²) in [6.07, 6.45) is 11.9. The fourth-order valence-electron chi connectivity index (χ4n) is 7.21. The van der Waals surface area contributed by atoms with Crippen molar-refractivity contribution >= 4 is 0 Å². The molecule has 4 aliphatic rings. The van der Waals surface area contributed by atoms with Gasteiger partial charge in [0.15, 0.2) is 0 Å². The molecule has 0 aliphatic heterocycles. The molecule has 0 aromatic heterocycles. The van der Waals surface area contributed by atoms with E-state index in [0.29, 0.717) is 23.4 Å². The Morgan fingerprint density at radius 3 is 2.40 bits per heavy atom. The van der Waals surface area contributed by atoms with Gasteiger partial charge in [0.1, 0.15) is 0 Å². The van der Waals surface area contributed by atoms with Crippen molar-refractivity contribution in [1.29, 1.82) is 0 Å². The highest BCUT2D eigenvalue weighted by atomic mass is 16.3. The van der Waals surface area contributed by atoms with Crippen LogP contribution in [0, 0.1) is 34.5 Å². The lowest BCUT2D eigenvalue weighted by molar-refractivity contribution is -0.0696. The minimum absolute atomic E-state index is 0.323. The molecule has 0 saturated heterocycles. The molecule has 0 amide bonds. The second-order valence-corrected chi connectivity index (χ2v) is 9.93. The zero-order chi connectivity index (χ0) is 18.5. The summed E-state index contributed by atoms with van der Waals surface area (Å²) in [7, 11) is 0. The van der Waals surface area contributed by atoms with Gasteiger partial charge in [0.2, 0.25) is 0 Å². The Bertz CT molecular complexity index is 522. The molecular formula is C23H40O2. The molecule has 4 rings (SSSR count). The molecule has 3 fully saturated rings. The van der Waals surface area contributed by atoms with E-state index in [4.69, 9.17) is 0 Å². The summed E-state index contributed by atoms with van der Waals surface area (Å²) in [5.41, 5.74) is 1.76. The predicted molar refractivity (Wildman–Crippen MR) is 104 cm³/mol. The molecule has 0 radical (unpaired) electrons. The van der Waals surface area contributed by atoms with E-state index in [0.717, 1.165) is 37.0 Å². The lowest BCUT2D eigenvalue weighted by Gasteiger charge is -2.58. The van der Waals surface area contributed by atoms with Crippen LogP contribution in [-0.2, 0) is 0 Å². The van der Waals surface area contributed by atoms with Crippen molar-refractivity contribution in [3.63, 3.8) is 0 Å². The standard InChI is InChI=1S/C21H34O2.C2H6/c1-19(23)10-11-21(3)14(12-19)4-6-16-17-7-5-15(13-22)20(17,2)9-8-18(16)21;1-2/h4,15-18,22-23H,5-13H2,1-3H3;1-2H3/t15?,16?,17?,18?,19-,20?,21?;/m0./s1. The van der Waals surface area contributed by atoms with E-state index in [-0.39, 0.29) is 0 Å². The van der Waals surface area contributed by atoms with E-state index >= 15 is 0 Å². The number of hydrogen-bond acceptors (Lipinski definition) is 2. The summed E-state index contributed by atoms with van der Waals surface area (Å²) in [5, 5.41) is 20.3. The molecule has 0 heterocycles. The molecule has 4 aliphatic carbocycles. The van der Waals surface area contributed by atoms with Crippen LogP contribution in [0.3, 0.4) is 0 Å². The SMILES string of the molecule is CC.CC12CC[C@](C)(O)CC1=CCC1C2CCC2(C)C(CO)CCC12. The lowest BCUT2D eigenvalue weighted by Crippen LogP contribution is -2.51. The largest absolute Gasteiger partial charge is 0.396 e. The van der Waals surface area contributed by atoms with Crippen molar-refractivity contribution in [2.45, 2.75) is 91.6 Å². The highest BCUT2D eigenvalue weighted by Gasteiger charge is 2.58. The molecule has 2 nitrogen and oxygen atoms in total. The van der Waals surface area contributed by atoms with Gasteiger partial charge in [-0.3, -0.25) is 0 Å². The van der Waals surface area contributed by atoms with E-state index < -0.39 is 5.60 Å². The average Bonchev–Trinajstić information content (AvgIpc) is 2.93. The zero-order valence-electron chi connectivity index (χ0n) is 17.1. The van der Waals surface area contributed by atoms with Crippen molar-refractivity contribution < 1.29 is 10.2 Å². The highest BCUT2D eigenvalue weighted by molar-refractivity contribution is 5.26. The molecule has 0 spiro atoms. The van der Waals surface area contributed by atoms with Gasteiger partial charge in [-0.25, -0.2) is 0 Å². The first-order valence-corrected chi connectivity index (χ1v) is 10.8. The van der Waals surface area contributed by atoms with E-state index in [1.165, 1.54) is 32.1 Å². The molecule has 25 heavy (non-hydrogen) atoms. The van der Waals surface area contributed by atoms with Gasteiger partial charge in [0.25, 0.3) is 0 Å². The van der Waals surface area contributed by atoms with Gasteiger partial charge in [-0.2, -0.15) is 0 Å². The highest BCUT2D eigenvalue weighted by Crippen LogP contribution is 2.66. The summed E-state index contributed by atoms with van der Waals surface area (Å²) in [6, 6.07) is 0. The van der Waals surface area contributed by atoms with E-state index in [9.17, 15) is 10.2 Å². The minimum atomic E-state index is -0.489. The number of aliphatic hydroxyl groups is 2.